The first-order valence-electron chi connectivity index (χ1n) is 7.63. The van der Waals surface area contributed by atoms with Crippen molar-refractivity contribution in [2.75, 3.05) is 5.32 Å². The Morgan fingerprint density at radius 1 is 1.32 bits per heavy atom. The van der Waals surface area contributed by atoms with Gasteiger partial charge < -0.3 is 14.3 Å². The summed E-state index contributed by atoms with van der Waals surface area (Å²) < 4.78 is 20.7. The number of halogens is 1. The number of rotatable bonds is 5. The number of furan rings is 1. The van der Waals surface area contributed by atoms with Crippen molar-refractivity contribution in [2.24, 2.45) is 7.05 Å². The number of hydrogen-bond acceptors (Lipinski definition) is 5. The summed E-state index contributed by atoms with van der Waals surface area (Å²) >= 11 is 1.25. The minimum Gasteiger partial charge on any atom is -0.469 e. The first kappa shape index (κ1) is 17.2. The molecule has 2 aromatic heterocycles. The maximum Gasteiger partial charge on any atom is 0.237 e. The molecule has 1 aromatic carbocycles. The van der Waals surface area contributed by atoms with Gasteiger partial charge in [0, 0.05) is 7.05 Å². The molecule has 0 aliphatic rings. The Morgan fingerprint density at radius 2 is 2.08 bits per heavy atom. The molecule has 8 heteroatoms. The lowest BCUT2D eigenvalue weighted by molar-refractivity contribution is -0.115. The lowest BCUT2D eigenvalue weighted by atomic mass is 10.2. The van der Waals surface area contributed by atoms with E-state index in [0.29, 0.717) is 11.0 Å². The number of nitrogens with one attached hydrogen (secondary N) is 1. The second-order valence-corrected chi connectivity index (χ2v) is 6.79. The maximum absolute atomic E-state index is 13.6. The molecule has 3 aromatic rings. The minimum atomic E-state index is -0.471. The molecule has 0 radical (unpaired) electrons. The third-order valence-corrected chi connectivity index (χ3v) is 4.85. The molecule has 0 saturated heterocycles. The summed E-state index contributed by atoms with van der Waals surface area (Å²) in [4.78, 5) is 12.3. The Kier molecular flexibility index (Phi) is 4.89. The summed E-state index contributed by atoms with van der Waals surface area (Å²) in [6, 6.07) is 7.88. The van der Waals surface area contributed by atoms with Gasteiger partial charge in [-0.3, -0.25) is 4.79 Å². The molecule has 0 bridgehead atoms. The first-order valence-corrected chi connectivity index (χ1v) is 8.51. The highest BCUT2D eigenvalue weighted by atomic mass is 32.2. The zero-order valence-electron chi connectivity index (χ0n) is 14.0. The van der Waals surface area contributed by atoms with Crippen LogP contribution in [0.1, 0.15) is 12.7 Å². The second kappa shape index (κ2) is 7.10. The van der Waals surface area contributed by atoms with Crippen LogP contribution in [0.4, 0.5) is 10.1 Å². The molecule has 25 heavy (non-hydrogen) atoms. The Bertz CT molecular complexity index is 906. The van der Waals surface area contributed by atoms with Gasteiger partial charge >= 0.3 is 0 Å². The number of hydrogen-bond donors (Lipinski definition) is 1. The number of anilines is 1. The van der Waals surface area contributed by atoms with Crippen LogP contribution >= 0.6 is 11.8 Å². The highest BCUT2D eigenvalue weighted by molar-refractivity contribution is 8.00. The van der Waals surface area contributed by atoms with Crippen molar-refractivity contribution in [3.05, 3.63) is 48.2 Å². The van der Waals surface area contributed by atoms with Crippen molar-refractivity contribution in [1.29, 1.82) is 0 Å². The van der Waals surface area contributed by atoms with Crippen LogP contribution in [0.3, 0.4) is 0 Å². The van der Waals surface area contributed by atoms with Gasteiger partial charge in [-0.25, -0.2) is 4.39 Å². The fourth-order valence-electron chi connectivity index (χ4n) is 2.28. The minimum absolute atomic E-state index is 0.160. The van der Waals surface area contributed by atoms with E-state index >= 15 is 0 Å². The smallest absolute Gasteiger partial charge is 0.237 e. The van der Waals surface area contributed by atoms with Crippen LogP contribution in [0.2, 0.25) is 0 Å². The Morgan fingerprint density at radius 3 is 2.76 bits per heavy atom. The molecule has 1 N–H and O–H groups in total. The summed E-state index contributed by atoms with van der Waals surface area (Å²) in [5.74, 6) is 0.636. The first-order chi connectivity index (χ1) is 12.0. The van der Waals surface area contributed by atoms with Crippen LogP contribution < -0.4 is 5.32 Å². The fourth-order valence-corrected chi connectivity index (χ4v) is 3.09. The standard InChI is InChI=1S/C17H17FN4O2S/c1-10-12(8-9-24-10)15-20-21-17(22(15)3)25-11(2)16(23)19-14-7-5-4-6-13(14)18/h4-9,11H,1-3H3,(H,19,23). The quantitative estimate of drug-likeness (QED) is 0.703. The van der Waals surface area contributed by atoms with Crippen molar-refractivity contribution >= 4 is 23.4 Å². The van der Waals surface area contributed by atoms with Crippen molar-refractivity contribution in [3.63, 3.8) is 0 Å². The fraction of sp³-hybridized carbons (Fsp3) is 0.235. The molecule has 1 amide bonds. The van der Waals surface area contributed by atoms with E-state index in [1.54, 1.807) is 29.9 Å². The molecule has 2 heterocycles. The summed E-state index contributed by atoms with van der Waals surface area (Å²) in [5.41, 5.74) is 1.01. The number of aryl methyl sites for hydroxylation is 1. The van der Waals surface area contributed by atoms with Crippen LogP contribution in [0.15, 0.2) is 46.2 Å². The number of amides is 1. The summed E-state index contributed by atoms with van der Waals surface area (Å²) in [5, 5.41) is 11.0. The third kappa shape index (κ3) is 3.58. The van der Waals surface area contributed by atoms with Crippen molar-refractivity contribution < 1.29 is 13.6 Å². The zero-order chi connectivity index (χ0) is 18.0. The number of thioether (sulfide) groups is 1. The average molecular weight is 360 g/mol. The van der Waals surface area contributed by atoms with E-state index in [-0.39, 0.29) is 11.6 Å². The molecule has 6 nitrogen and oxygen atoms in total. The predicted octanol–water partition coefficient (Wildman–Crippen LogP) is 3.64. The van der Waals surface area contributed by atoms with Gasteiger partial charge in [-0.2, -0.15) is 0 Å². The van der Waals surface area contributed by atoms with Crippen molar-refractivity contribution in [2.45, 2.75) is 24.3 Å². The number of benzene rings is 1. The van der Waals surface area contributed by atoms with E-state index in [2.05, 4.69) is 15.5 Å². The van der Waals surface area contributed by atoms with Crippen LogP contribution in [-0.2, 0) is 11.8 Å². The molecular weight excluding hydrogens is 343 g/mol. The van der Waals surface area contributed by atoms with Gasteiger partial charge in [-0.1, -0.05) is 23.9 Å². The Labute approximate surface area is 148 Å². The molecule has 130 valence electrons. The summed E-state index contributed by atoms with van der Waals surface area (Å²) in [6.07, 6.45) is 1.59. The van der Waals surface area contributed by atoms with Gasteiger partial charge in [-0.15, -0.1) is 10.2 Å². The highest BCUT2D eigenvalue weighted by Crippen LogP contribution is 2.28. The highest BCUT2D eigenvalue weighted by Gasteiger charge is 2.21. The number of para-hydroxylation sites is 1. The Hall–Kier alpha value is -2.61. The number of carbonyl (C=O) groups excluding carboxylic acids is 1. The molecule has 1 atom stereocenters. The molecule has 0 spiro atoms. The molecule has 0 fully saturated rings. The van der Waals surface area contributed by atoms with Crippen molar-refractivity contribution in [3.8, 4) is 11.4 Å². The normalized spacial score (nSPS) is 12.2. The van der Waals surface area contributed by atoms with E-state index < -0.39 is 11.1 Å². The molecule has 0 aliphatic carbocycles. The molecular formula is C17H17FN4O2S. The van der Waals surface area contributed by atoms with Gasteiger partial charge in [0.1, 0.15) is 11.6 Å². The molecule has 1 unspecified atom stereocenters. The van der Waals surface area contributed by atoms with Gasteiger partial charge in [0.25, 0.3) is 0 Å². The monoisotopic (exact) mass is 360 g/mol. The van der Waals surface area contributed by atoms with E-state index in [1.165, 1.54) is 23.9 Å². The molecule has 0 saturated carbocycles. The molecule has 0 aliphatic heterocycles. The largest absolute Gasteiger partial charge is 0.469 e. The van der Waals surface area contributed by atoms with Crippen LogP contribution in [0.25, 0.3) is 11.4 Å². The maximum atomic E-state index is 13.6. The van der Waals surface area contributed by atoms with Crippen molar-refractivity contribution in [1.82, 2.24) is 14.8 Å². The lowest BCUT2D eigenvalue weighted by Crippen LogP contribution is -2.23. The zero-order valence-corrected chi connectivity index (χ0v) is 14.8. The third-order valence-electron chi connectivity index (χ3n) is 3.72. The van der Waals surface area contributed by atoms with Gasteiger partial charge in [0.15, 0.2) is 11.0 Å². The SMILES string of the molecule is Cc1occc1-c1nnc(SC(C)C(=O)Nc2ccccc2F)n1C. The lowest BCUT2D eigenvalue weighted by Gasteiger charge is -2.12. The molecule has 3 rings (SSSR count). The predicted molar refractivity (Wildman–Crippen MR) is 93.8 cm³/mol. The topological polar surface area (TPSA) is 72.9 Å². The van der Waals surface area contributed by atoms with E-state index in [1.807, 2.05) is 20.0 Å². The van der Waals surface area contributed by atoms with Crippen LogP contribution in [-0.4, -0.2) is 25.9 Å². The average Bonchev–Trinajstić information content (AvgIpc) is 3.16. The van der Waals surface area contributed by atoms with E-state index in [0.717, 1.165) is 11.3 Å². The van der Waals surface area contributed by atoms with E-state index in [4.69, 9.17) is 4.42 Å². The van der Waals surface area contributed by atoms with E-state index in [9.17, 15) is 9.18 Å². The van der Waals surface area contributed by atoms with Crippen LogP contribution in [0, 0.1) is 12.7 Å². The number of carbonyl (C=O) groups is 1. The van der Waals surface area contributed by atoms with Gasteiger partial charge in [-0.05, 0) is 32.0 Å². The summed E-state index contributed by atoms with van der Waals surface area (Å²) in [7, 11) is 1.82. The number of nitrogens with zero attached hydrogens (tertiary/aromatic N) is 3. The second-order valence-electron chi connectivity index (χ2n) is 5.48. The van der Waals surface area contributed by atoms with Crippen LogP contribution in [0.5, 0.6) is 0 Å². The number of aromatic nitrogens is 3. The van der Waals surface area contributed by atoms with Gasteiger partial charge in [0.05, 0.1) is 22.8 Å². The summed E-state index contributed by atoms with van der Waals surface area (Å²) in [6.45, 7) is 3.58. The van der Waals surface area contributed by atoms with Gasteiger partial charge in [0.2, 0.25) is 5.91 Å². The Balaban J connectivity index is 1.72.